The molecule has 0 spiro atoms. The van der Waals surface area contributed by atoms with Gasteiger partial charge in [0.25, 0.3) is 0 Å². The number of para-hydroxylation sites is 1. The number of rotatable bonds is 4. The Labute approximate surface area is 110 Å². The molecule has 2 rings (SSSR count). The highest BCUT2D eigenvalue weighted by atomic mass is 19.1. The number of hydrogen-bond donors (Lipinski definition) is 1. The minimum atomic E-state index is -0.442. The van der Waals surface area contributed by atoms with Crippen LogP contribution < -0.4 is 10.5 Å². The van der Waals surface area contributed by atoms with Crippen LogP contribution in [-0.2, 0) is 13.2 Å². The third-order valence-corrected chi connectivity index (χ3v) is 2.95. The summed E-state index contributed by atoms with van der Waals surface area (Å²) in [7, 11) is 0. The van der Waals surface area contributed by atoms with Crippen LogP contribution in [0, 0.1) is 18.6 Å². The molecule has 0 aliphatic heterocycles. The molecule has 0 saturated heterocycles. The minimum absolute atomic E-state index is 0.161. The van der Waals surface area contributed by atoms with Crippen molar-refractivity contribution in [3.63, 3.8) is 0 Å². The first-order valence-electron chi connectivity index (χ1n) is 5.97. The lowest BCUT2D eigenvalue weighted by Crippen LogP contribution is -2.05. The Balaban J connectivity index is 2.19. The Bertz CT molecular complexity index is 584. The molecule has 0 saturated carbocycles. The third kappa shape index (κ3) is 3.09. The van der Waals surface area contributed by atoms with Gasteiger partial charge in [0, 0.05) is 12.1 Å². The van der Waals surface area contributed by atoms with Gasteiger partial charge in [-0.05, 0) is 36.2 Å². The van der Waals surface area contributed by atoms with Crippen molar-refractivity contribution < 1.29 is 13.5 Å². The molecule has 19 heavy (non-hydrogen) atoms. The lowest BCUT2D eigenvalue weighted by molar-refractivity contribution is 0.286. The van der Waals surface area contributed by atoms with Gasteiger partial charge in [0.1, 0.15) is 12.4 Å². The molecule has 100 valence electrons. The quantitative estimate of drug-likeness (QED) is 0.918. The SMILES string of the molecule is Cc1cc(F)ccc1COc1c(F)cccc1CN. The van der Waals surface area contributed by atoms with Gasteiger partial charge in [0.2, 0.25) is 0 Å². The van der Waals surface area contributed by atoms with Crippen molar-refractivity contribution in [2.45, 2.75) is 20.1 Å². The van der Waals surface area contributed by atoms with Gasteiger partial charge in [0.05, 0.1) is 0 Å². The largest absolute Gasteiger partial charge is 0.485 e. The normalized spacial score (nSPS) is 10.5. The Morgan fingerprint density at radius 1 is 1.11 bits per heavy atom. The predicted molar refractivity (Wildman–Crippen MR) is 69.8 cm³/mol. The van der Waals surface area contributed by atoms with Crippen LogP contribution >= 0.6 is 0 Å². The molecule has 0 fully saturated rings. The first kappa shape index (κ1) is 13.5. The average Bonchev–Trinajstić information content (AvgIpc) is 2.39. The van der Waals surface area contributed by atoms with Gasteiger partial charge >= 0.3 is 0 Å². The van der Waals surface area contributed by atoms with Crippen LogP contribution in [-0.4, -0.2) is 0 Å². The Morgan fingerprint density at radius 2 is 1.89 bits per heavy atom. The smallest absolute Gasteiger partial charge is 0.165 e. The molecule has 2 aromatic carbocycles. The van der Waals surface area contributed by atoms with E-state index in [2.05, 4.69) is 0 Å². The van der Waals surface area contributed by atoms with Gasteiger partial charge < -0.3 is 10.5 Å². The number of halogens is 2. The lowest BCUT2D eigenvalue weighted by Gasteiger charge is -2.12. The van der Waals surface area contributed by atoms with E-state index in [1.165, 1.54) is 18.2 Å². The molecule has 0 aliphatic carbocycles. The maximum absolute atomic E-state index is 13.7. The maximum atomic E-state index is 13.7. The molecule has 0 unspecified atom stereocenters. The molecule has 0 atom stereocenters. The summed E-state index contributed by atoms with van der Waals surface area (Å²) in [5.74, 6) is -0.578. The van der Waals surface area contributed by atoms with Crippen molar-refractivity contribution in [2.75, 3.05) is 0 Å². The third-order valence-electron chi connectivity index (χ3n) is 2.95. The molecule has 2 N–H and O–H groups in total. The van der Waals surface area contributed by atoms with Crippen LogP contribution in [0.3, 0.4) is 0 Å². The fraction of sp³-hybridized carbons (Fsp3) is 0.200. The average molecular weight is 263 g/mol. The fourth-order valence-electron chi connectivity index (χ4n) is 1.85. The zero-order valence-corrected chi connectivity index (χ0v) is 10.6. The zero-order chi connectivity index (χ0) is 13.8. The highest BCUT2D eigenvalue weighted by molar-refractivity contribution is 5.35. The van der Waals surface area contributed by atoms with E-state index < -0.39 is 5.82 Å². The Hall–Kier alpha value is -1.94. The summed E-state index contributed by atoms with van der Waals surface area (Å²) in [4.78, 5) is 0. The van der Waals surface area contributed by atoms with E-state index in [1.54, 1.807) is 25.1 Å². The van der Waals surface area contributed by atoms with Gasteiger partial charge in [-0.2, -0.15) is 0 Å². The van der Waals surface area contributed by atoms with E-state index in [4.69, 9.17) is 10.5 Å². The summed E-state index contributed by atoms with van der Waals surface area (Å²) in [6.07, 6.45) is 0. The van der Waals surface area contributed by atoms with Gasteiger partial charge in [0.15, 0.2) is 11.6 Å². The van der Waals surface area contributed by atoms with Crippen molar-refractivity contribution in [3.05, 3.63) is 64.7 Å². The maximum Gasteiger partial charge on any atom is 0.165 e. The molecule has 0 radical (unpaired) electrons. The van der Waals surface area contributed by atoms with Crippen LogP contribution in [0.1, 0.15) is 16.7 Å². The summed E-state index contributed by atoms with van der Waals surface area (Å²) in [5.41, 5.74) is 7.73. The van der Waals surface area contributed by atoms with E-state index in [0.717, 1.165) is 11.1 Å². The van der Waals surface area contributed by atoms with Crippen LogP contribution in [0.15, 0.2) is 36.4 Å². The van der Waals surface area contributed by atoms with Crippen molar-refractivity contribution in [1.82, 2.24) is 0 Å². The molecule has 0 amide bonds. The molecular weight excluding hydrogens is 248 g/mol. The van der Waals surface area contributed by atoms with Crippen molar-refractivity contribution in [1.29, 1.82) is 0 Å². The highest BCUT2D eigenvalue weighted by Gasteiger charge is 2.09. The van der Waals surface area contributed by atoms with Crippen molar-refractivity contribution in [2.24, 2.45) is 5.73 Å². The monoisotopic (exact) mass is 263 g/mol. The van der Waals surface area contributed by atoms with Crippen molar-refractivity contribution >= 4 is 0 Å². The summed E-state index contributed by atoms with van der Waals surface area (Å²) >= 11 is 0. The molecule has 2 nitrogen and oxygen atoms in total. The summed E-state index contributed by atoms with van der Waals surface area (Å²) in [5, 5.41) is 0. The fourth-order valence-corrected chi connectivity index (χ4v) is 1.85. The topological polar surface area (TPSA) is 35.2 Å². The molecule has 2 aromatic rings. The van der Waals surface area contributed by atoms with E-state index in [-0.39, 0.29) is 24.7 Å². The minimum Gasteiger partial charge on any atom is -0.485 e. The number of nitrogens with two attached hydrogens (primary N) is 1. The van der Waals surface area contributed by atoms with Gasteiger partial charge in [-0.3, -0.25) is 0 Å². The van der Waals surface area contributed by atoms with E-state index in [1.807, 2.05) is 0 Å². The first-order valence-corrected chi connectivity index (χ1v) is 5.97. The Kier molecular flexibility index (Phi) is 4.12. The van der Waals surface area contributed by atoms with E-state index >= 15 is 0 Å². The summed E-state index contributed by atoms with van der Waals surface area (Å²) in [6, 6.07) is 9.05. The molecule has 4 heteroatoms. The highest BCUT2D eigenvalue weighted by Crippen LogP contribution is 2.24. The van der Waals surface area contributed by atoms with E-state index in [0.29, 0.717) is 5.56 Å². The molecule has 0 aliphatic rings. The van der Waals surface area contributed by atoms with Crippen molar-refractivity contribution in [3.8, 4) is 5.75 Å². The van der Waals surface area contributed by atoms with Gasteiger partial charge in [-0.25, -0.2) is 8.78 Å². The van der Waals surface area contributed by atoms with Gasteiger partial charge in [-0.1, -0.05) is 18.2 Å². The number of ether oxygens (including phenoxy) is 1. The van der Waals surface area contributed by atoms with Gasteiger partial charge in [-0.15, -0.1) is 0 Å². The second-order valence-corrected chi connectivity index (χ2v) is 4.29. The molecule has 0 heterocycles. The summed E-state index contributed by atoms with van der Waals surface area (Å²) < 4.78 is 32.1. The lowest BCUT2D eigenvalue weighted by atomic mass is 10.1. The zero-order valence-electron chi connectivity index (χ0n) is 10.6. The van der Waals surface area contributed by atoms with Crippen LogP contribution in [0.4, 0.5) is 8.78 Å². The summed E-state index contributed by atoms with van der Waals surface area (Å²) in [6.45, 7) is 2.17. The Morgan fingerprint density at radius 3 is 2.58 bits per heavy atom. The number of aryl methyl sites for hydroxylation is 1. The second-order valence-electron chi connectivity index (χ2n) is 4.29. The van der Waals surface area contributed by atoms with Crippen LogP contribution in [0.25, 0.3) is 0 Å². The van der Waals surface area contributed by atoms with Crippen LogP contribution in [0.2, 0.25) is 0 Å². The molecule has 0 aromatic heterocycles. The standard InChI is InChI=1S/C15H15F2NO/c1-10-7-13(16)6-5-12(10)9-19-15-11(8-18)3-2-4-14(15)17/h2-7H,8-9,18H2,1H3. The number of hydrogen-bond acceptors (Lipinski definition) is 2. The molecule has 0 bridgehead atoms. The predicted octanol–water partition coefficient (Wildman–Crippen LogP) is 3.31. The molecular formula is C15H15F2NO. The second kappa shape index (κ2) is 5.80. The first-order chi connectivity index (χ1) is 9.11. The number of benzene rings is 2. The van der Waals surface area contributed by atoms with Crippen LogP contribution in [0.5, 0.6) is 5.75 Å². The van der Waals surface area contributed by atoms with E-state index in [9.17, 15) is 8.78 Å².